The van der Waals surface area contributed by atoms with Crippen molar-refractivity contribution >= 4 is 39.4 Å². The van der Waals surface area contributed by atoms with Crippen LogP contribution in [0.5, 0.6) is 0 Å². The van der Waals surface area contributed by atoms with Gasteiger partial charge in [0.1, 0.15) is 0 Å². The molecule has 0 radical (unpaired) electrons. The van der Waals surface area contributed by atoms with E-state index in [4.69, 9.17) is 11.6 Å². The summed E-state index contributed by atoms with van der Waals surface area (Å²) in [5.74, 6) is -0.638. The second kappa shape index (κ2) is 6.72. The molecule has 0 aliphatic carbocycles. The molecule has 2 rings (SSSR count). The van der Waals surface area contributed by atoms with Crippen molar-refractivity contribution in [3.05, 3.63) is 59.1 Å². The Kier molecular flexibility index (Phi) is 4.95. The normalized spacial score (nSPS) is 11.5. The van der Waals surface area contributed by atoms with E-state index >= 15 is 0 Å². The van der Waals surface area contributed by atoms with Crippen LogP contribution in [0.1, 0.15) is 12.5 Å². The van der Waals surface area contributed by atoms with Crippen molar-refractivity contribution < 1.29 is 13.2 Å². The maximum Gasteiger partial charge on any atom is 0.264 e. The van der Waals surface area contributed by atoms with Crippen LogP contribution in [0.4, 0.5) is 5.69 Å². The molecule has 0 saturated heterocycles. The van der Waals surface area contributed by atoms with E-state index in [2.05, 4.69) is 4.99 Å². The number of hydrogen-bond donors (Lipinski definition) is 1. The van der Waals surface area contributed by atoms with E-state index in [9.17, 15) is 13.2 Å². The van der Waals surface area contributed by atoms with Crippen LogP contribution in [0.15, 0.2) is 58.4 Å². The van der Waals surface area contributed by atoms with Crippen LogP contribution in [0.3, 0.4) is 0 Å². The molecule has 0 aromatic heterocycles. The second-order valence-corrected chi connectivity index (χ2v) is 6.52. The highest BCUT2D eigenvalue weighted by molar-refractivity contribution is 7.90. The van der Waals surface area contributed by atoms with Crippen molar-refractivity contribution in [1.29, 1.82) is 0 Å². The molecular weight excluding hydrogens is 324 g/mol. The van der Waals surface area contributed by atoms with Gasteiger partial charge in [0.05, 0.1) is 10.6 Å². The number of rotatable bonds is 4. The number of amides is 1. The number of hydrogen-bond acceptors (Lipinski definition) is 4. The van der Waals surface area contributed by atoms with Gasteiger partial charge in [-0.05, 0) is 30.3 Å². The van der Waals surface area contributed by atoms with E-state index < -0.39 is 15.9 Å². The van der Waals surface area contributed by atoms with Gasteiger partial charge in [-0.1, -0.05) is 29.8 Å². The van der Waals surface area contributed by atoms with Crippen LogP contribution in [-0.4, -0.2) is 20.5 Å². The number of carbonyl (C=O) groups excluding carboxylic acids is 1. The van der Waals surface area contributed by atoms with Gasteiger partial charge in [0.15, 0.2) is 0 Å². The quantitative estimate of drug-likeness (QED) is 0.872. The number of nitrogens with one attached hydrogen (secondary N) is 1. The molecule has 0 heterocycles. The Morgan fingerprint density at radius 2 is 1.77 bits per heavy atom. The summed E-state index contributed by atoms with van der Waals surface area (Å²) in [6.07, 6.45) is 1.60. The maximum absolute atomic E-state index is 11.8. The Morgan fingerprint density at radius 1 is 1.14 bits per heavy atom. The molecule has 5 nitrogen and oxygen atoms in total. The molecule has 1 amide bonds. The highest BCUT2D eigenvalue weighted by atomic mass is 35.5. The summed E-state index contributed by atoms with van der Waals surface area (Å²) < 4.78 is 25.5. The highest BCUT2D eigenvalue weighted by Gasteiger charge is 2.14. The Bertz CT molecular complexity index is 815. The first-order valence-corrected chi connectivity index (χ1v) is 8.17. The van der Waals surface area contributed by atoms with Crippen LogP contribution in [0.25, 0.3) is 0 Å². The summed E-state index contributed by atoms with van der Waals surface area (Å²) in [6.45, 7) is 1.14. The Hall–Kier alpha value is -2.18. The van der Waals surface area contributed by atoms with Gasteiger partial charge in [-0.3, -0.25) is 9.79 Å². The van der Waals surface area contributed by atoms with Crippen molar-refractivity contribution in [2.75, 3.05) is 0 Å². The van der Waals surface area contributed by atoms with Gasteiger partial charge in [-0.25, -0.2) is 13.1 Å². The first-order valence-electron chi connectivity index (χ1n) is 6.30. The Labute approximate surface area is 133 Å². The first-order chi connectivity index (χ1) is 10.4. The molecule has 114 valence electrons. The third-order valence-electron chi connectivity index (χ3n) is 2.68. The average Bonchev–Trinajstić information content (AvgIpc) is 2.45. The molecule has 22 heavy (non-hydrogen) atoms. The van der Waals surface area contributed by atoms with E-state index in [1.807, 2.05) is 22.9 Å². The summed E-state index contributed by atoms with van der Waals surface area (Å²) >= 11 is 6.01. The smallest absolute Gasteiger partial charge is 0.264 e. The van der Waals surface area contributed by atoms with Crippen molar-refractivity contribution in [3.63, 3.8) is 0 Å². The average molecular weight is 337 g/mol. The van der Waals surface area contributed by atoms with Crippen molar-refractivity contribution in [3.8, 4) is 0 Å². The van der Waals surface area contributed by atoms with Gasteiger partial charge in [-0.15, -0.1) is 0 Å². The van der Waals surface area contributed by atoms with Crippen LogP contribution in [-0.2, 0) is 14.8 Å². The van der Waals surface area contributed by atoms with Gasteiger partial charge in [-0.2, -0.15) is 0 Å². The molecule has 2 aromatic carbocycles. The van der Waals surface area contributed by atoms with Crippen LogP contribution < -0.4 is 4.72 Å². The summed E-state index contributed by atoms with van der Waals surface area (Å²) in [7, 11) is -3.82. The van der Waals surface area contributed by atoms with E-state index in [0.29, 0.717) is 10.7 Å². The molecule has 0 saturated carbocycles. The molecular formula is C15H13ClN2O3S. The molecule has 0 unspecified atom stereocenters. The third-order valence-corrected chi connectivity index (χ3v) is 4.48. The number of benzene rings is 2. The molecule has 2 aromatic rings. The largest absolute Gasteiger partial charge is 0.274 e. The van der Waals surface area contributed by atoms with E-state index in [1.165, 1.54) is 12.1 Å². The van der Waals surface area contributed by atoms with Crippen LogP contribution in [0.2, 0.25) is 5.02 Å². The van der Waals surface area contributed by atoms with Gasteiger partial charge in [0, 0.05) is 23.7 Å². The molecule has 0 atom stereocenters. The number of sulfonamides is 1. The van der Waals surface area contributed by atoms with Gasteiger partial charge in [0.25, 0.3) is 10.0 Å². The van der Waals surface area contributed by atoms with E-state index in [0.717, 1.165) is 12.5 Å². The fourth-order valence-corrected chi connectivity index (χ4v) is 2.86. The van der Waals surface area contributed by atoms with Crippen molar-refractivity contribution in [1.82, 2.24) is 4.72 Å². The molecule has 0 aliphatic heterocycles. The zero-order valence-corrected chi connectivity index (χ0v) is 13.2. The number of aliphatic imine (C=N–C) groups is 1. The molecule has 7 heteroatoms. The predicted octanol–water partition coefficient (Wildman–Crippen LogP) is 2.92. The highest BCUT2D eigenvalue weighted by Crippen LogP contribution is 2.18. The minimum Gasteiger partial charge on any atom is -0.274 e. The molecule has 0 bridgehead atoms. The SMILES string of the molecule is CC(=O)NS(=O)(=O)c1ccc(N=Cc2ccccc2Cl)cc1. The minimum absolute atomic E-state index is 0.000562. The predicted molar refractivity (Wildman–Crippen MR) is 86.2 cm³/mol. The second-order valence-electron chi connectivity index (χ2n) is 4.44. The summed E-state index contributed by atoms with van der Waals surface area (Å²) in [6, 6.07) is 13.1. The summed E-state index contributed by atoms with van der Waals surface area (Å²) in [5.41, 5.74) is 1.33. The lowest BCUT2D eigenvalue weighted by atomic mass is 10.2. The van der Waals surface area contributed by atoms with Crippen LogP contribution >= 0.6 is 11.6 Å². The van der Waals surface area contributed by atoms with Crippen molar-refractivity contribution in [2.24, 2.45) is 4.99 Å². The topological polar surface area (TPSA) is 75.6 Å². The van der Waals surface area contributed by atoms with E-state index in [-0.39, 0.29) is 4.90 Å². The van der Waals surface area contributed by atoms with Crippen molar-refractivity contribution in [2.45, 2.75) is 11.8 Å². The minimum atomic E-state index is -3.82. The molecule has 0 fully saturated rings. The lowest BCUT2D eigenvalue weighted by molar-refractivity contribution is -0.117. The van der Waals surface area contributed by atoms with Gasteiger partial charge >= 0.3 is 0 Å². The third kappa shape index (κ3) is 4.16. The zero-order valence-electron chi connectivity index (χ0n) is 11.7. The number of nitrogens with zero attached hydrogens (tertiary/aromatic N) is 1. The fraction of sp³-hybridized carbons (Fsp3) is 0.0667. The molecule has 1 N–H and O–H groups in total. The lowest BCUT2D eigenvalue weighted by Gasteiger charge is -2.04. The fourth-order valence-electron chi connectivity index (χ4n) is 1.68. The molecule has 0 spiro atoms. The van der Waals surface area contributed by atoms with Crippen LogP contribution in [0, 0.1) is 0 Å². The monoisotopic (exact) mass is 336 g/mol. The maximum atomic E-state index is 11.8. The number of carbonyl (C=O) groups is 1. The summed E-state index contributed by atoms with van der Waals surface area (Å²) in [5, 5.41) is 0.580. The van der Waals surface area contributed by atoms with E-state index in [1.54, 1.807) is 24.4 Å². The Morgan fingerprint density at radius 3 is 2.36 bits per heavy atom. The first kappa shape index (κ1) is 16.2. The Balaban J connectivity index is 2.20. The van der Waals surface area contributed by atoms with Gasteiger partial charge in [0.2, 0.25) is 5.91 Å². The molecule has 0 aliphatic rings. The lowest BCUT2D eigenvalue weighted by Crippen LogP contribution is -2.28. The standard InChI is InChI=1S/C15H13ClN2O3S/c1-11(19)18-22(20,21)14-8-6-13(7-9-14)17-10-12-4-2-3-5-15(12)16/h2-10H,1H3,(H,18,19). The zero-order chi connectivity index (χ0) is 16.2. The van der Waals surface area contributed by atoms with Gasteiger partial charge < -0.3 is 0 Å². The number of halogens is 1. The summed E-state index contributed by atoms with van der Waals surface area (Å²) in [4.78, 5) is 15.1.